The van der Waals surface area contributed by atoms with Crippen molar-refractivity contribution in [3.8, 4) is 0 Å². The highest BCUT2D eigenvalue weighted by atomic mass is 16.4. The van der Waals surface area contributed by atoms with E-state index in [2.05, 4.69) is 15.6 Å². The standard InChI is InChI=1S/C12H12N4O4/c17-10(13-6-11(18)19)5-14-12(20)8-7-16-4-2-1-3-9(16)15-8/h1-4,7H,5-6H2,(H,13,17)(H,14,20)(H,18,19). The van der Waals surface area contributed by atoms with E-state index >= 15 is 0 Å². The SMILES string of the molecule is O=C(O)CNC(=O)CNC(=O)c1cn2ccccc2n1. The third-order valence-corrected chi connectivity index (χ3v) is 2.44. The number of fused-ring (bicyclic) bond motifs is 1. The highest BCUT2D eigenvalue weighted by Gasteiger charge is 2.12. The van der Waals surface area contributed by atoms with Gasteiger partial charge in [-0.1, -0.05) is 6.07 Å². The van der Waals surface area contributed by atoms with Crippen molar-refractivity contribution in [1.82, 2.24) is 20.0 Å². The number of nitrogens with one attached hydrogen (secondary N) is 2. The Morgan fingerprint density at radius 1 is 1.20 bits per heavy atom. The number of carboxylic acids is 1. The fourth-order valence-electron chi connectivity index (χ4n) is 1.53. The molecule has 104 valence electrons. The first-order chi connectivity index (χ1) is 9.56. The molecule has 0 radical (unpaired) electrons. The van der Waals surface area contributed by atoms with Gasteiger partial charge in [-0.15, -0.1) is 0 Å². The summed E-state index contributed by atoms with van der Waals surface area (Å²) in [5, 5.41) is 12.9. The smallest absolute Gasteiger partial charge is 0.322 e. The van der Waals surface area contributed by atoms with Crippen LogP contribution in [0.5, 0.6) is 0 Å². The Balaban J connectivity index is 1.91. The lowest BCUT2D eigenvalue weighted by Gasteiger charge is -2.03. The summed E-state index contributed by atoms with van der Waals surface area (Å²) in [5.74, 6) is -2.23. The molecule has 2 aromatic heterocycles. The van der Waals surface area contributed by atoms with E-state index in [0.717, 1.165) is 0 Å². The number of amides is 2. The van der Waals surface area contributed by atoms with Crippen molar-refractivity contribution in [2.24, 2.45) is 0 Å². The number of carboxylic acid groups (broad SMARTS) is 1. The Morgan fingerprint density at radius 2 is 2.00 bits per heavy atom. The molecule has 8 heteroatoms. The molecule has 0 saturated carbocycles. The molecule has 2 rings (SSSR count). The number of aromatic nitrogens is 2. The van der Waals surface area contributed by atoms with Crippen LogP contribution in [0.1, 0.15) is 10.5 Å². The van der Waals surface area contributed by atoms with Crippen molar-refractivity contribution in [2.75, 3.05) is 13.1 Å². The zero-order valence-electron chi connectivity index (χ0n) is 10.4. The molecule has 0 aliphatic heterocycles. The molecule has 0 bridgehead atoms. The molecule has 0 fully saturated rings. The van der Waals surface area contributed by atoms with Crippen LogP contribution in [0.15, 0.2) is 30.6 Å². The van der Waals surface area contributed by atoms with Crippen molar-refractivity contribution >= 4 is 23.4 Å². The van der Waals surface area contributed by atoms with Crippen molar-refractivity contribution in [3.63, 3.8) is 0 Å². The van der Waals surface area contributed by atoms with Crippen LogP contribution >= 0.6 is 0 Å². The Morgan fingerprint density at radius 3 is 2.70 bits per heavy atom. The monoisotopic (exact) mass is 276 g/mol. The molecule has 2 heterocycles. The van der Waals surface area contributed by atoms with Gasteiger partial charge in [-0.25, -0.2) is 4.98 Å². The number of hydrogen-bond acceptors (Lipinski definition) is 4. The first-order valence-electron chi connectivity index (χ1n) is 5.76. The van der Waals surface area contributed by atoms with Gasteiger partial charge in [-0.2, -0.15) is 0 Å². The minimum Gasteiger partial charge on any atom is -0.480 e. The van der Waals surface area contributed by atoms with Gasteiger partial charge in [-0.3, -0.25) is 14.4 Å². The van der Waals surface area contributed by atoms with E-state index in [9.17, 15) is 14.4 Å². The van der Waals surface area contributed by atoms with E-state index < -0.39 is 24.3 Å². The molecule has 2 aromatic rings. The number of pyridine rings is 1. The number of aliphatic carboxylic acids is 1. The maximum absolute atomic E-state index is 11.8. The summed E-state index contributed by atoms with van der Waals surface area (Å²) < 4.78 is 1.68. The number of carbonyl (C=O) groups excluding carboxylic acids is 2. The predicted molar refractivity (Wildman–Crippen MR) is 68.2 cm³/mol. The van der Waals surface area contributed by atoms with Crippen LogP contribution in [-0.4, -0.2) is 45.4 Å². The van der Waals surface area contributed by atoms with Crippen LogP contribution in [-0.2, 0) is 9.59 Å². The van der Waals surface area contributed by atoms with Gasteiger partial charge >= 0.3 is 5.97 Å². The van der Waals surface area contributed by atoms with Crippen molar-refractivity contribution in [2.45, 2.75) is 0 Å². The summed E-state index contributed by atoms with van der Waals surface area (Å²) in [6, 6.07) is 5.34. The molecule has 0 aromatic carbocycles. The molecular formula is C12H12N4O4. The molecule has 3 N–H and O–H groups in total. The number of rotatable bonds is 5. The van der Waals surface area contributed by atoms with Crippen LogP contribution in [0.2, 0.25) is 0 Å². The molecule has 0 aliphatic carbocycles. The molecule has 2 amide bonds. The normalized spacial score (nSPS) is 10.2. The van der Waals surface area contributed by atoms with Gasteiger partial charge in [0.05, 0.1) is 6.54 Å². The molecule has 0 unspecified atom stereocenters. The summed E-state index contributed by atoms with van der Waals surface area (Å²) in [6.45, 7) is -0.789. The number of carbonyl (C=O) groups is 3. The maximum atomic E-state index is 11.8. The molecule has 0 atom stereocenters. The summed E-state index contributed by atoms with van der Waals surface area (Å²) in [4.78, 5) is 37.4. The van der Waals surface area contributed by atoms with Gasteiger partial charge in [0.2, 0.25) is 5.91 Å². The van der Waals surface area contributed by atoms with Crippen molar-refractivity contribution in [1.29, 1.82) is 0 Å². The third kappa shape index (κ3) is 3.31. The van der Waals surface area contributed by atoms with Gasteiger partial charge in [-0.05, 0) is 12.1 Å². The van der Waals surface area contributed by atoms with E-state index in [-0.39, 0.29) is 12.2 Å². The van der Waals surface area contributed by atoms with Crippen LogP contribution < -0.4 is 10.6 Å². The van der Waals surface area contributed by atoms with Crippen LogP contribution in [0.4, 0.5) is 0 Å². The lowest BCUT2D eigenvalue weighted by atomic mass is 10.4. The van der Waals surface area contributed by atoms with E-state index in [0.29, 0.717) is 5.65 Å². The molecule has 20 heavy (non-hydrogen) atoms. The molecule has 0 aliphatic rings. The van der Waals surface area contributed by atoms with Crippen molar-refractivity contribution in [3.05, 3.63) is 36.3 Å². The maximum Gasteiger partial charge on any atom is 0.322 e. The summed E-state index contributed by atoms with van der Waals surface area (Å²) in [7, 11) is 0. The molecule has 0 saturated heterocycles. The Bertz CT molecular complexity index is 631. The highest BCUT2D eigenvalue weighted by Crippen LogP contribution is 2.03. The Hall–Kier alpha value is -2.90. The number of nitrogens with zero attached hydrogens (tertiary/aromatic N) is 2. The Labute approximate surface area is 113 Å². The average Bonchev–Trinajstić information content (AvgIpc) is 2.86. The summed E-state index contributed by atoms with van der Waals surface area (Å²) >= 11 is 0. The molecule has 8 nitrogen and oxygen atoms in total. The number of imidazole rings is 1. The van der Waals surface area contributed by atoms with E-state index in [1.807, 2.05) is 0 Å². The van der Waals surface area contributed by atoms with E-state index in [1.165, 1.54) is 0 Å². The fraction of sp³-hybridized carbons (Fsp3) is 0.167. The summed E-state index contributed by atoms with van der Waals surface area (Å²) in [5.41, 5.74) is 0.801. The quantitative estimate of drug-likeness (QED) is 0.666. The van der Waals surface area contributed by atoms with E-state index in [1.54, 1.807) is 35.0 Å². The zero-order valence-corrected chi connectivity index (χ0v) is 10.4. The van der Waals surface area contributed by atoms with Gasteiger partial charge in [0.1, 0.15) is 17.9 Å². The first-order valence-corrected chi connectivity index (χ1v) is 5.76. The zero-order chi connectivity index (χ0) is 14.5. The second kappa shape index (κ2) is 5.83. The largest absolute Gasteiger partial charge is 0.480 e. The lowest BCUT2D eigenvalue weighted by molar-refractivity contribution is -0.137. The Kier molecular flexibility index (Phi) is 3.94. The second-order valence-corrected chi connectivity index (χ2v) is 3.95. The summed E-state index contributed by atoms with van der Waals surface area (Å²) in [6.07, 6.45) is 3.29. The van der Waals surface area contributed by atoms with Crippen LogP contribution in [0.3, 0.4) is 0 Å². The number of hydrogen-bond donors (Lipinski definition) is 3. The average molecular weight is 276 g/mol. The first kappa shape index (κ1) is 13.5. The van der Waals surface area contributed by atoms with Crippen molar-refractivity contribution < 1.29 is 19.5 Å². The third-order valence-electron chi connectivity index (χ3n) is 2.44. The predicted octanol–water partition coefficient (Wildman–Crippen LogP) is -0.735. The molecular weight excluding hydrogens is 264 g/mol. The van der Waals surface area contributed by atoms with Crippen LogP contribution in [0, 0.1) is 0 Å². The van der Waals surface area contributed by atoms with Gasteiger partial charge < -0.3 is 20.1 Å². The van der Waals surface area contributed by atoms with Crippen LogP contribution in [0.25, 0.3) is 5.65 Å². The fourth-order valence-corrected chi connectivity index (χ4v) is 1.53. The van der Waals surface area contributed by atoms with E-state index in [4.69, 9.17) is 5.11 Å². The minimum atomic E-state index is -1.15. The lowest BCUT2D eigenvalue weighted by Crippen LogP contribution is -2.39. The minimum absolute atomic E-state index is 0.183. The second-order valence-electron chi connectivity index (χ2n) is 3.95. The molecule has 0 spiro atoms. The van der Waals surface area contributed by atoms with Gasteiger partial charge in [0.15, 0.2) is 0 Å². The highest BCUT2D eigenvalue weighted by molar-refractivity contribution is 5.95. The topological polar surface area (TPSA) is 113 Å². The van der Waals surface area contributed by atoms with Gasteiger partial charge in [0, 0.05) is 12.4 Å². The van der Waals surface area contributed by atoms with Gasteiger partial charge in [0.25, 0.3) is 5.91 Å².